The second kappa shape index (κ2) is 6.41. The third-order valence-electron chi connectivity index (χ3n) is 5.11. The maximum atomic E-state index is 13.1. The topological polar surface area (TPSA) is 55.8 Å². The highest BCUT2D eigenvalue weighted by Gasteiger charge is 2.41. The Hall–Kier alpha value is -2.82. The lowest BCUT2D eigenvalue weighted by Crippen LogP contribution is -2.33. The third-order valence-corrected chi connectivity index (χ3v) is 5.11. The number of amides is 2. The molecule has 1 saturated heterocycles. The van der Waals surface area contributed by atoms with Crippen molar-refractivity contribution in [3.05, 3.63) is 53.6 Å². The molecule has 2 amide bonds. The summed E-state index contributed by atoms with van der Waals surface area (Å²) >= 11 is 0. The van der Waals surface area contributed by atoms with Gasteiger partial charge in [0.1, 0.15) is 0 Å². The lowest BCUT2D eigenvalue weighted by molar-refractivity contribution is -0.122. The van der Waals surface area contributed by atoms with Crippen LogP contribution >= 0.6 is 0 Å². The van der Waals surface area contributed by atoms with Crippen molar-refractivity contribution in [3.8, 4) is 11.5 Å². The number of hydrogen-bond acceptors (Lipinski definition) is 4. The minimum Gasteiger partial charge on any atom is -0.454 e. The van der Waals surface area contributed by atoms with Crippen LogP contribution < -0.4 is 14.4 Å². The molecule has 2 aromatic rings. The van der Waals surface area contributed by atoms with E-state index in [-0.39, 0.29) is 36.4 Å². The number of para-hydroxylation sites is 1. The van der Waals surface area contributed by atoms with Gasteiger partial charge in [-0.3, -0.25) is 9.59 Å². The third kappa shape index (κ3) is 3.18. The predicted molar refractivity (Wildman–Crippen MR) is 102 cm³/mol. The number of nitrogens with zero attached hydrogens (tertiary/aromatic N) is 1. The second-order valence-corrected chi connectivity index (χ2v) is 8.13. The Labute approximate surface area is 158 Å². The molecular formula is C22H23NO4. The van der Waals surface area contributed by atoms with Crippen molar-refractivity contribution in [1.82, 2.24) is 0 Å². The van der Waals surface area contributed by atoms with Gasteiger partial charge in [0.15, 0.2) is 11.5 Å². The van der Waals surface area contributed by atoms with Gasteiger partial charge in [-0.15, -0.1) is 0 Å². The first-order valence-corrected chi connectivity index (χ1v) is 9.19. The average molecular weight is 365 g/mol. The van der Waals surface area contributed by atoms with Crippen molar-refractivity contribution < 1.29 is 19.1 Å². The van der Waals surface area contributed by atoms with Crippen LogP contribution in [0.25, 0.3) is 0 Å². The van der Waals surface area contributed by atoms with Crippen molar-refractivity contribution in [3.63, 3.8) is 0 Å². The van der Waals surface area contributed by atoms with Crippen LogP contribution in [0.1, 0.15) is 38.3 Å². The summed E-state index contributed by atoms with van der Waals surface area (Å²) in [5.41, 5.74) is 2.51. The van der Waals surface area contributed by atoms with Crippen LogP contribution in [-0.4, -0.2) is 18.6 Å². The van der Waals surface area contributed by atoms with Crippen LogP contribution in [0.15, 0.2) is 42.5 Å². The van der Waals surface area contributed by atoms with Crippen LogP contribution in [-0.2, 0) is 21.4 Å². The van der Waals surface area contributed by atoms with Crippen LogP contribution in [0, 0.1) is 5.92 Å². The quantitative estimate of drug-likeness (QED) is 0.776. The SMILES string of the molecule is CC(C)(C)c1ccccc1N1C(=O)C[C@H](Cc2ccc3c(c2)OCO3)C1=O. The van der Waals surface area contributed by atoms with E-state index in [1.54, 1.807) is 0 Å². The normalized spacial score (nSPS) is 19.1. The van der Waals surface area contributed by atoms with Gasteiger partial charge in [-0.25, -0.2) is 4.90 Å². The summed E-state index contributed by atoms with van der Waals surface area (Å²) in [6, 6.07) is 13.3. The molecule has 0 unspecified atom stereocenters. The van der Waals surface area contributed by atoms with Gasteiger partial charge in [0.2, 0.25) is 18.6 Å². The molecular weight excluding hydrogens is 342 g/mol. The lowest BCUT2D eigenvalue weighted by Gasteiger charge is -2.26. The van der Waals surface area contributed by atoms with E-state index < -0.39 is 0 Å². The summed E-state index contributed by atoms with van der Waals surface area (Å²) in [4.78, 5) is 27.2. The first kappa shape index (κ1) is 17.6. The van der Waals surface area contributed by atoms with Crippen molar-refractivity contribution in [2.24, 2.45) is 5.92 Å². The van der Waals surface area contributed by atoms with Gasteiger partial charge < -0.3 is 9.47 Å². The van der Waals surface area contributed by atoms with E-state index in [0.717, 1.165) is 11.1 Å². The monoisotopic (exact) mass is 365 g/mol. The number of benzene rings is 2. The summed E-state index contributed by atoms with van der Waals surface area (Å²) in [7, 11) is 0. The van der Waals surface area contributed by atoms with Crippen molar-refractivity contribution >= 4 is 17.5 Å². The Morgan fingerprint density at radius 2 is 1.78 bits per heavy atom. The highest BCUT2D eigenvalue weighted by molar-refractivity contribution is 6.21. The van der Waals surface area contributed by atoms with E-state index >= 15 is 0 Å². The number of anilines is 1. The molecule has 0 bridgehead atoms. The number of hydrogen-bond donors (Lipinski definition) is 0. The molecule has 5 nitrogen and oxygen atoms in total. The lowest BCUT2D eigenvalue weighted by atomic mass is 9.85. The van der Waals surface area contributed by atoms with E-state index in [1.807, 2.05) is 42.5 Å². The number of ether oxygens (including phenoxy) is 2. The fraction of sp³-hybridized carbons (Fsp3) is 0.364. The molecule has 1 fully saturated rings. The molecule has 0 N–H and O–H groups in total. The van der Waals surface area contributed by atoms with Gasteiger partial charge in [-0.05, 0) is 41.2 Å². The molecule has 1 atom stereocenters. The van der Waals surface area contributed by atoms with E-state index in [4.69, 9.17) is 9.47 Å². The van der Waals surface area contributed by atoms with Crippen molar-refractivity contribution in [2.45, 2.75) is 39.0 Å². The van der Waals surface area contributed by atoms with Crippen LogP contribution in [0.4, 0.5) is 5.69 Å². The van der Waals surface area contributed by atoms with E-state index in [1.165, 1.54) is 4.90 Å². The van der Waals surface area contributed by atoms with Gasteiger partial charge in [0.05, 0.1) is 11.6 Å². The largest absolute Gasteiger partial charge is 0.454 e. The zero-order valence-electron chi connectivity index (χ0n) is 15.8. The van der Waals surface area contributed by atoms with Crippen LogP contribution in [0.3, 0.4) is 0 Å². The highest BCUT2D eigenvalue weighted by Crippen LogP contribution is 2.38. The van der Waals surface area contributed by atoms with Gasteiger partial charge in [-0.2, -0.15) is 0 Å². The molecule has 2 aliphatic heterocycles. The first-order valence-electron chi connectivity index (χ1n) is 9.19. The molecule has 0 spiro atoms. The van der Waals surface area contributed by atoms with E-state index in [9.17, 15) is 9.59 Å². The van der Waals surface area contributed by atoms with Crippen LogP contribution in [0.2, 0.25) is 0 Å². The minimum absolute atomic E-state index is 0.130. The fourth-order valence-electron chi connectivity index (χ4n) is 3.76. The van der Waals surface area contributed by atoms with Gasteiger partial charge in [-0.1, -0.05) is 45.0 Å². The Kier molecular flexibility index (Phi) is 4.17. The molecule has 0 radical (unpaired) electrons. The molecule has 27 heavy (non-hydrogen) atoms. The highest BCUT2D eigenvalue weighted by atomic mass is 16.7. The van der Waals surface area contributed by atoms with Gasteiger partial charge in [0, 0.05) is 6.42 Å². The maximum absolute atomic E-state index is 13.1. The summed E-state index contributed by atoms with van der Waals surface area (Å²) in [5, 5.41) is 0. The number of rotatable bonds is 3. The standard InChI is InChI=1S/C22H23NO4/c1-22(2,3)16-6-4-5-7-17(16)23-20(24)12-15(21(23)25)10-14-8-9-18-19(11-14)27-13-26-18/h4-9,11,15H,10,12-13H2,1-3H3/t15-/m0/s1. The Balaban J connectivity index is 1.60. The Morgan fingerprint density at radius 1 is 1.04 bits per heavy atom. The number of carbonyl (C=O) groups is 2. The number of carbonyl (C=O) groups excluding carboxylic acids is 2. The molecule has 0 aromatic heterocycles. The number of fused-ring (bicyclic) bond motifs is 1. The predicted octanol–water partition coefficient (Wildman–Crippen LogP) is 3.84. The Bertz CT molecular complexity index is 913. The summed E-state index contributed by atoms with van der Waals surface area (Å²) in [6.07, 6.45) is 0.737. The molecule has 4 rings (SSSR count). The molecule has 0 saturated carbocycles. The fourth-order valence-corrected chi connectivity index (χ4v) is 3.76. The Morgan fingerprint density at radius 3 is 2.56 bits per heavy atom. The van der Waals surface area contributed by atoms with Crippen molar-refractivity contribution in [1.29, 1.82) is 0 Å². The number of imide groups is 1. The van der Waals surface area contributed by atoms with Crippen molar-refractivity contribution in [2.75, 3.05) is 11.7 Å². The van der Waals surface area contributed by atoms with E-state index in [2.05, 4.69) is 20.8 Å². The zero-order valence-corrected chi connectivity index (χ0v) is 15.8. The maximum Gasteiger partial charge on any atom is 0.237 e. The molecule has 2 heterocycles. The van der Waals surface area contributed by atoms with E-state index in [0.29, 0.717) is 23.6 Å². The average Bonchev–Trinajstić information content (AvgIpc) is 3.18. The first-order chi connectivity index (χ1) is 12.8. The molecule has 2 aromatic carbocycles. The van der Waals surface area contributed by atoms with Gasteiger partial charge in [0.25, 0.3) is 0 Å². The van der Waals surface area contributed by atoms with Crippen LogP contribution in [0.5, 0.6) is 11.5 Å². The minimum atomic E-state index is -0.356. The summed E-state index contributed by atoms with van der Waals surface area (Å²) in [6.45, 7) is 6.47. The summed E-state index contributed by atoms with van der Waals surface area (Å²) in [5.74, 6) is 0.787. The molecule has 140 valence electrons. The molecule has 2 aliphatic rings. The smallest absolute Gasteiger partial charge is 0.237 e. The summed E-state index contributed by atoms with van der Waals surface area (Å²) < 4.78 is 10.7. The second-order valence-electron chi connectivity index (χ2n) is 8.13. The van der Waals surface area contributed by atoms with Gasteiger partial charge >= 0.3 is 0 Å². The molecule has 5 heteroatoms. The zero-order chi connectivity index (χ0) is 19.2. The molecule has 0 aliphatic carbocycles.